The molecule has 0 aliphatic carbocycles. The van der Waals surface area contributed by atoms with Crippen molar-refractivity contribution in [2.24, 2.45) is 0 Å². The molecule has 0 bridgehead atoms. The molecule has 1 aromatic carbocycles. The van der Waals surface area contributed by atoms with E-state index >= 15 is 0 Å². The van der Waals surface area contributed by atoms with Crippen molar-refractivity contribution in [3.63, 3.8) is 0 Å². The molecule has 0 amide bonds. The molecule has 1 rings (SSSR count). The largest absolute Gasteiger partial charge is 0.489 e. The maximum atomic E-state index is 5.85. The summed E-state index contributed by atoms with van der Waals surface area (Å²) in [4.78, 5) is 0. The first-order valence-corrected chi connectivity index (χ1v) is 7.09. The predicted octanol–water partition coefficient (Wildman–Crippen LogP) is 3.45. The number of halogens is 1. The van der Waals surface area contributed by atoms with Gasteiger partial charge in [-0.2, -0.15) is 0 Å². The summed E-state index contributed by atoms with van der Waals surface area (Å²) >= 11 is 3.52. The third-order valence-corrected chi connectivity index (χ3v) is 3.04. The monoisotopic (exact) mass is 327 g/mol. The van der Waals surface area contributed by atoms with Gasteiger partial charge in [0, 0.05) is 30.2 Å². The molecule has 19 heavy (non-hydrogen) atoms. The van der Waals surface area contributed by atoms with Crippen molar-refractivity contribution in [2.45, 2.75) is 20.4 Å². The van der Waals surface area contributed by atoms with Gasteiger partial charge in [0.25, 0.3) is 0 Å². The average molecular weight is 328 g/mol. The van der Waals surface area contributed by atoms with Crippen LogP contribution in [0.3, 0.4) is 0 Å². The molecule has 0 aromatic heterocycles. The van der Waals surface area contributed by atoms with Gasteiger partial charge in [0.2, 0.25) is 0 Å². The molecule has 4 heteroatoms. The highest BCUT2D eigenvalue weighted by molar-refractivity contribution is 9.10. The van der Waals surface area contributed by atoms with Crippen LogP contribution in [0.1, 0.15) is 18.1 Å². The van der Waals surface area contributed by atoms with Crippen molar-refractivity contribution < 1.29 is 9.47 Å². The zero-order valence-electron chi connectivity index (χ0n) is 11.9. The van der Waals surface area contributed by atoms with Gasteiger partial charge in [-0.1, -0.05) is 22.5 Å². The van der Waals surface area contributed by atoms with E-state index in [1.165, 1.54) is 0 Å². The highest BCUT2D eigenvalue weighted by Gasteiger charge is 2.09. The molecule has 0 atom stereocenters. The summed E-state index contributed by atoms with van der Waals surface area (Å²) in [5.41, 5.74) is 3.28. The minimum Gasteiger partial charge on any atom is -0.489 e. The van der Waals surface area contributed by atoms with E-state index in [1.54, 1.807) is 7.11 Å². The minimum atomic E-state index is 0.549. The molecule has 3 nitrogen and oxygen atoms in total. The zero-order chi connectivity index (χ0) is 14.3. The minimum absolute atomic E-state index is 0.549. The Morgan fingerprint density at radius 3 is 2.79 bits per heavy atom. The first-order valence-electron chi connectivity index (χ1n) is 6.30. The van der Waals surface area contributed by atoms with E-state index in [4.69, 9.17) is 9.47 Å². The van der Waals surface area contributed by atoms with Crippen LogP contribution in [-0.4, -0.2) is 26.9 Å². The molecular weight excluding hydrogens is 306 g/mol. The van der Waals surface area contributed by atoms with Crippen LogP contribution in [0.15, 0.2) is 28.8 Å². The van der Waals surface area contributed by atoms with Crippen LogP contribution in [0.5, 0.6) is 5.75 Å². The number of hydrogen-bond donors (Lipinski definition) is 1. The van der Waals surface area contributed by atoms with Crippen LogP contribution in [-0.2, 0) is 11.3 Å². The Kier molecular flexibility index (Phi) is 7.13. The first kappa shape index (κ1) is 16.2. The molecule has 0 unspecified atom stereocenters. The van der Waals surface area contributed by atoms with Crippen molar-refractivity contribution in [3.8, 4) is 5.75 Å². The Morgan fingerprint density at radius 2 is 2.16 bits per heavy atom. The zero-order valence-corrected chi connectivity index (χ0v) is 13.5. The third-order valence-electron chi connectivity index (χ3n) is 2.58. The molecule has 0 radical (unpaired) electrons. The average Bonchev–Trinajstić information content (AvgIpc) is 2.33. The van der Waals surface area contributed by atoms with Gasteiger partial charge in [-0.25, -0.2) is 0 Å². The lowest BCUT2D eigenvalue weighted by Gasteiger charge is -2.15. The summed E-state index contributed by atoms with van der Waals surface area (Å²) in [7, 11) is 1.70. The SMILES string of the molecule is C=C(C)COc1c(C)cc(Br)cc1CNCCOC. The van der Waals surface area contributed by atoms with Gasteiger partial charge in [-0.15, -0.1) is 0 Å². The fourth-order valence-corrected chi connectivity index (χ4v) is 2.35. The number of rotatable bonds is 8. The van der Waals surface area contributed by atoms with Crippen molar-refractivity contribution >= 4 is 15.9 Å². The lowest BCUT2D eigenvalue weighted by atomic mass is 10.1. The first-order chi connectivity index (χ1) is 9.04. The maximum absolute atomic E-state index is 5.85. The molecule has 0 aliphatic rings. The van der Waals surface area contributed by atoms with Crippen LogP contribution in [0.2, 0.25) is 0 Å². The summed E-state index contributed by atoms with van der Waals surface area (Å²) < 4.78 is 11.9. The van der Waals surface area contributed by atoms with Gasteiger partial charge in [0.05, 0.1) is 6.61 Å². The fraction of sp³-hybridized carbons (Fsp3) is 0.467. The summed E-state index contributed by atoms with van der Waals surface area (Å²) in [5, 5.41) is 3.34. The predicted molar refractivity (Wildman–Crippen MR) is 82.8 cm³/mol. The van der Waals surface area contributed by atoms with E-state index in [-0.39, 0.29) is 0 Å². The molecule has 0 fully saturated rings. The van der Waals surface area contributed by atoms with Crippen molar-refractivity contribution in [3.05, 3.63) is 39.9 Å². The normalized spacial score (nSPS) is 10.5. The summed E-state index contributed by atoms with van der Waals surface area (Å²) in [6, 6.07) is 4.15. The van der Waals surface area contributed by atoms with E-state index < -0.39 is 0 Å². The second kappa shape index (κ2) is 8.35. The van der Waals surface area contributed by atoms with E-state index in [9.17, 15) is 0 Å². The Hall–Kier alpha value is -0.840. The van der Waals surface area contributed by atoms with Crippen molar-refractivity contribution in [1.29, 1.82) is 0 Å². The topological polar surface area (TPSA) is 30.5 Å². The highest BCUT2D eigenvalue weighted by atomic mass is 79.9. The molecule has 0 saturated heterocycles. The Morgan fingerprint density at radius 1 is 1.42 bits per heavy atom. The van der Waals surface area contributed by atoms with Gasteiger partial charge in [0.1, 0.15) is 12.4 Å². The van der Waals surface area contributed by atoms with Gasteiger partial charge in [0.15, 0.2) is 0 Å². The van der Waals surface area contributed by atoms with Gasteiger partial charge < -0.3 is 14.8 Å². The van der Waals surface area contributed by atoms with E-state index in [0.717, 1.165) is 40.0 Å². The van der Waals surface area contributed by atoms with Crippen molar-refractivity contribution in [2.75, 3.05) is 26.9 Å². The van der Waals surface area contributed by atoms with Crippen LogP contribution >= 0.6 is 15.9 Å². The molecule has 1 N–H and O–H groups in total. The lowest BCUT2D eigenvalue weighted by Crippen LogP contribution is -2.19. The Balaban J connectivity index is 2.77. The molecular formula is C15H22BrNO2. The summed E-state index contributed by atoms with van der Waals surface area (Å²) in [6.45, 7) is 10.7. The number of hydrogen-bond acceptors (Lipinski definition) is 3. The van der Waals surface area contributed by atoms with Gasteiger partial charge in [-0.3, -0.25) is 0 Å². The summed E-state index contributed by atoms with van der Waals surface area (Å²) in [6.07, 6.45) is 0. The summed E-state index contributed by atoms with van der Waals surface area (Å²) in [5.74, 6) is 0.941. The molecule has 106 valence electrons. The van der Waals surface area contributed by atoms with Crippen LogP contribution in [0.4, 0.5) is 0 Å². The fourth-order valence-electron chi connectivity index (χ4n) is 1.73. The third kappa shape index (κ3) is 5.76. The van der Waals surface area contributed by atoms with Gasteiger partial charge >= 0.3 is 0 Å². The molecule has 0 heterocycles. The van der Waals surface area contributed by atoms with Crippen LogP contribution in [0, 0.1) is 6.92 Å². The number of nitrogens with one attached hydrogen (secondary N) is 1. The van der Waals surface area contributed by atoms with E-state index in [2.05, 4.69) is 46.9 Å². The number of methoxy groups -OCH3 is 1. The smallest absolute Gasteiger partial charge is 0.127 e. The number of ether oxygens (including phenoxy) is 2. The second-order valence-corrected chi connectivity index (χ2v) is 5.54. The molecule has 0 spiro atoms. The Labute approximate surface area is 124 Å². The van der Waals surface area contributed by atoms with Crippen molar-refractivity contribution in [1.82, 2.24) is 5.32 Å². The lowest BCUT2D eigenvalue weighted by molar-refractivity contribution is 0.199. The van der Waals surface area contributed by atoms with Crippen LogP contribution < -0.4 is 10.1 Å². The highest BCUT2D eigenvalue weighted by Crippen LogP contribution is 2.28. The number of aryl methyl sites for hydroxylation is 1. The molecule has 0 aliphatic heterocycles. The molecule has 1 aromatic rings. The van der Waals surface area contributed by atoms with E-state index in [0.29, 0.717) is 13.2 Å². The number of benzene rings is 1. The van der Waals surface area contributed by atoms with Crippen LogP contribution in [0.25, 0.3) is 0 Å². The second-order valence-electron chi connectivity index (χ2n) is 4.63. The standard InChI is InChI=1S/C15H22BrNO2/c1-11(2)10-19-15-12(3)7-14(16)8-13(15)9-17-5-6-18-4/h7-8,17H,1,5-6,9-10H2,2-4H3. The molecule has 0 saturated carbocycles. The van der Waals surface area contributed by atoms with Gasteiger partial charge in [-0.05, 0) is 37.1 Å². The maximum Gasteiger partial charge on any atom is 0.127 e. The Bertz CT molecular complexity index is 432. The quantitative estimate of drug-likeness (QED) is 0.586. The van der Waals surface area contributed by atoms with E-state index in [1.807, 2.05) is 6.92 Å².